The summed E-state index contributed by atoms with van der Waals surface area (Å²) in [7, 11) is 0. The topological polar surface area (TPSA) is 76.4 Å². The van der Waals surface area contributed by atoms with Crippen molar-refractivity contribution >= 4 is 16.9 Å². The Morgan fingerprint density at radius 2 is 2.14 bits per heavy atom. The fourth-order valence-electron chi connectivity index (χ4n) is 3.82. The number of imidazole rings is 1. The largest absolute Gasteiger partial charge is 0.487 e. The third kappa shape index (κ3) is 3.47. The molecule has 0 aliphatic carbocycles. The molecule has 0 radical (unpaired) electrons. The highest BCUT2D eigenvalue weighted by Gasteiger charge is 2.34. The lowest BCUT2D eigenvalue weighted by Gasteiger charge is -2.38. The average Bonchev–Trinajstić information content (AvgIpc) is 3.03. The molecule has 6 heteroatoms. The van der Waals surface area contributed by atoms with E-state index in [1.165, 1.54) is 0 Å². The van der Waals surface area contributed by atoms with Gasteiger partial charge in [0.25, 0.3) is 5.91 Å². The van der Waals surface area contributed by atoms with E-state index in [1.54, 1.807) is 18.5 Å². The van der Waals surface area contributed by atoms with E-state index in [1.807, 2.05) is 49.6 Å². The minimum Gasteiger partial charge on any atom is -0.487 e. The molecule has 1 aliphatic heterocycles. The smallest absolute Gasteiger partial charge is 0.251 e. The lowest BCUT2D eigenvalue weighted by Crippen LogP contribution is -2.41. The van der Waals surface area contributed by atoms with Crippen molar-refractivity contribution in [2.24, 2.45) is 0 Å². The van der Waals surface area contributed by atoms with Gasteiger partial charge in [0, 0.05) is 24.1 Å². The van der Waals surface area contributed by atoms with Crippen LogP contribution in [0.25, 0.3) is 11.0 Å². The van der Waals surface area contributed by atoms with Crippen LogP contribution in [0.15, 0.2) is 42.7 Å². The van der Waals surface area contributed by atoms with Gasteiger partial charge in [-0.25, -0.2) is 4.98 Å². The van der Waals surface area contributed by atoms with E-state index in [-0.39, 0.29) is 24.2 Å². The fraction of sp³-hybridized carbons (Fsp3) is 0.364. The van der Waals surface area contributed by atoms with Gasteiger partial charge in [0.1, 0.15) is 11.4 Å². The summed E-state index contributed by atoms with van der Waals surface area (Å²) in [5, 5.41) is 12.3. The number of nitrogens with zero attached hydrogens (tertiary/aromatic N) is 2. The van der Waals surface area contributed by atoms with Crippen molar-refractivity contribution in [2.75, 3.05) is 6.61 Å². The van der Waals surface area contributed by atoms with Gasteiger partial charge in [-0.1, -0.05) is 12.1 Å². The number of benzene rings is 2. The summed E-state index contributed by atoms with van der Waals surface area (Å²) >= 11 is 0. The maximum atomic E-state index is 13.0. The molecule has 0 fully saturated rings. The second kappa shape index (κ2) is 6.95. The molecule has 0 saturated heterocycles. The Balaban J connectivity index is 1.60. The molecule has 2 heterocycles. The van der Waals surface area contributed by atoms with E-state index in [2.05, 4.69) is 10.3 Å². The summed E-state index contributed by atoms with van der Waals surface area (Å²) in [4.78, 5) is 17.3. The van der Waals surface area contributed by atoms with Crippen LogP contribution >= 0.6 is 0 Å². The number of carbonyl (C=O) groups is 1. The number of hydrogen-bond acceptors (Lipinski definition) is 4. The lowest BCUT2D eigenvalue weighted by atomic mass is 9.89. The van der Waals surface area contributed by atoms with E-state index in [9.17, 15) is 4.79 Å². The third-order valence-corrected chi connectivity index (χ3v) is 5.16. The Labute approximate surface area is 164 Å². The molecule has 1 aliphatic rings. The molecule has 28 heavy (non-hydrogen) atoms. The molecule has 1 amide bonds. The maximum absolute atomic E-state index is 13.0. The van der Waals surface area contributed by atoms with Crippen molar-refractivity contribution in [3.8, 4) is 5.75 Å². The Bertz CT molecular complexity index is 1040. The second-order valence-electron chi connectivity index (χ2n) is 8.00. The van der Waals surface area contributed by atoms with Gasteiger partial charge in [0.15, 0.2) is 0 Å². The summed E-state index contributed by atoms with van der Waals surface area (Å²) in [6.07, 6.45) is 2.38. The zero-order valence-corrected chi connectivity index (χ0v) is 16.4. The van der Waals surface area contributed by atoms with Crippen molar-refractivity contribution in [1.82, 2.24) is 14.9 Å². The zero-order chi connectivity index (χ0) is 19.9. The number of nitrogens with one attached hydrogen (secondary N) is 1. The predicted molar refractivity (Wildman–Crippen MR) is 108 cm³/mol. The monoisotopic (exact) mass is 379 g/mol. The first-order valence-electron chi connectivity index (χ1n) is 9.52. The summed E-state index contributed by atoms with van der Waals surface area (Å²) in [5.41, 5.74) is 3.99. The first kappa shape index (κ1) is 18.5. The highest BCUT2D eigenvalue weighted by atomic mass is 16.5. The van der Waals surface area contributed by atoms with Crippen molar-refractivity contribution in [2.45, 2.75) is 45.4 Å². The molecule has 1 aromatic heterocycles. The molecule has 0 unspecified atom stereocenters. The van der Waals surface area contributed by atoms with Crippen molar-refractivity contribution in [3.63, 3.8) is 0 Å². The molecule has 1 atom stereocenters. The zero-order valence-electron chi connectivity index (χ0n) is 16.4. The number of fused-ring (bicyclic) bond motifs is 2. The van der Waals surface area contributed by atoms with Gasteiger partial charge < -0.3 is 19.7 Å². The first-order chi connectivity index (χ1) is 13.4. The van der Waals surface area contributed by atoms with Crippen molar-refractivity contribution < 1.29 is 14.6 Å². The van der Waals surface area contributed by atoms with Gasteiger partial charge in [0.2, 0.25) is 0 Å². The van der Waals surface area contributed by atoms with Crippen LogP contribution in [0.2, 0.25) is 0 Å². The maximum Gasteiger partial charge on any atom is 0.251 e. The fourth-order valence-corrected chi connectivity index (χ4v) is 3.82. The number of carbonyl (C=O) groups excluding carboxylic acids is 1. The summed E-state index contributed by atoms with van der Waals surface area (Å²) in [5.74, 6) is 0.701. The number of aliphatic hydroxyl groups excluding tert-OH is 1. The normalized spacial score (nSPS) is 17.8. The number of aromatic nitrogens is 2. The number of amides is 1. The Morgan fingerprint density at radius 3 is 2.93 bits per heavy atom. The van der Waals surface area contributed by atoms with Crippen LogP contribution in [0.1, 0.15) is 47.8 Å². The van der Waals surface area contributed by atoms with E-state index >= 15 is 0 Å². The third-order valence-electron chi connectivity index (χ3n) is 5.16. The van der Waals surface area contributed by atoms with Crippen LogP contribution in [0, 0.1) is 6.92 Å². The minimum atomic E-state index is -0.355. The van der Waals surface area contributed by atoms with E-state index in [4.69, 9.17) is 9.84 Å². The lowest BCUT2D eigenvalue weighted by molar-refractivity contribution is 0.0619. The molecule has 0 saturated carbocycles. The molecule has 4 rings (SSSR count). The summed E-state index contributed by atoms with van der Waals surface area (Å²) < 4.78 is 7.99. The summed E-state index contributed by atoms with van der Waals surface area (Å²) in [6.45, 7) is 6.64. The Kier molecular flexibility index (Phi) is 4.59. The van der Waals surface area contributed by atoms with Gasteiger partial charge in [-0.15, -0.1) is 0 Å². The van der Waals surface area contributed by atoms with E-state index < -0.39 is 0 Å². The first-order valence-corrected chi connectivity index (χ1v) is 9.52. The molecular weight excluding hydrogens is 354 g/mol. The van der Waals surface area contributed by atoms with Crippen LogP contribution in [0.5, 0.6) is 5.75 Å². The number of rotatable bonds is 4. The van der Waals surface area contributed by atoms with Gasteiger partial charge in [-0.2, -0.15) is 0 Å². The second-order valence-corrected chi connectivity index (χ2v) is 8.00. The average molecular weight is 379 g/mol. The summed E-state index contributed by atoms with van der Waals surface area (Å²) in [6, 6.07) is 11.4. The van der Waals surface area contributed by atoms with Crippen LogP contribution in [-0.2, 0) is 6.54 Å². The molecule has 3 aromatic rings. The Hall–Kier alpha value is -2.86. The van der Waals surface area contributed by atoms with Gasteiger partial charge >= 0.3 is 0 Å². The molecular formula is C22H25N3O3. The molecule has 0 spiro atoms. The molecule has 6 nitrogen and oxygen atoms in total. The number of aryl methyl sites for hydroxylation is 1. The van der Waals surface area contributed by atoms with Crippen LogP contribution in [0.3, 0.4) is 0 Å². The standard InChI is InChI=1S/C22H25N3O3/c1-14-4-6-16-18(12-22(2,3)28-20(16)10-14)24-21(27)15-5-7-19-17(11-15)23-13-25(19)8-9-26/h4-7,10-11,13,18,26H,8-9,12H2,1-3H3,(H,24,27)/t18-/m0/s1. The number of hydrogen-bond donors (Lipinski definition) is 2. The van der Waals surface area contributed by atoms with Gasteiger partial charge in [0.05, 0.1) is 30.0 Å². The highest BCUT2D eigenvalue weighted by Crippen LogP contribution is 2.40. The van der Waals surface area contributed by atoms with E-state index in [0.29, 0.717) is 18.5 Å². The van der Waals surface area contributed by atoms with Crippen molar-refractivity contribution in [1.29, 1.82) is 0 Å². The molecule has 2 aromatic carbocycles. The van der Waals surface area contributed by atoms with Crippen molar-refractivity contribution in [3.05, 3.63) is 59.4 Å². The van der Waals surface area contributed by atoms with Gasteiger partial charge in [-0.05, 0) is 50.6 Å². The number of ether oxygens (including phenoxy) is 1. The molecule has 2 N–H and O–H groups in total. The quantitative estimate of drug-likeness (QED) is 0.729. The Morgan fingerprint density at radius 1 is 1.32 bits per heavy atom. The van der Waals surface area contributed by atoms with Crippen LogP contribution < -0.4 is 10.1 Å². The predicted octanol–water partition coefficient (Wildman–Crippen LogP) is 3.37. The molecule has 146 valence electrons. The minimum absolute atomic E-state index is 0.0477. The number of aliphatic hydroxyl groups is 1. The van der Waals surface area contributed by atoms with Gasteiger partial charge in [-0.3, -0.25) is 4.79 Å². The SMILES string of the molecule is Cc1ccc2c(c1)OC(C)(C)C[C@@H]2NC(=O)c1ccc2c(c1)ncn2CCO. The molecule has 0 bridgehead atoms. The highest BCUT2D eigenvalue weighted by molar-refractivity contribution is 5.97. The van der Waals surface area contributed by atoms with Crippen LogP contribution in [0.4, 0.5) is 0 Å². The van der Waals surface area contributed by atoms with Crippen LogP contribution in [-0.4, -0.2) is 32.8 Å². The van der Waals surface area contributed by atoms with E-state index in [0.717, 1.165) is 27.9 Å².